The first kappa shape index (κ1) is 53.9. The molecule has 2 heterocycles. The summed E-state index contributed by atoms with van der Waals surface area (Å²) in [6, 6.07) is -1.44. The Bertz CT molecular complexity index is 1790. The zero-order valence-electron chi connectivity index (χ0n) is 35.8. The maximum atomic E-state index is 13.7. The Morgan fingerprint density at radius 1 is 0.844 bits per heavy atom. The van der Waals surface area contributed by atoms with Gasteiger partial charge in [0, 0.05) is 32.4 Å². The van der Waals surface area contributed by atoms with Crippen molar-refractivity contribution in [3.63, 3.8) is 0 Å². The van der Waals surface area contributed by atoms with Gasteiger partial charge in [0.05, 0.1) is 68.2 Å². The Morgan fingerprint density at radius 2 is 1.50 bits per heavy atom. The van der Waals surface area contributed by atoms with Crippen LogP contribution in [0.15, 0.2) is 0 Å². The van der Waals surface area contributed by atoms with E-state index in [2.05, 4.69) is 16.0 Å². The van der Waals surface area contributed by atoms with Gasteiger partial charge in [0.15, 0.2) is 12.6 Å². The second kappa shape index (κ2) is 23.8. The topological polar surface area (TPSA) is 389 Å². The smallest absolute Gasteiger partial charge is 0.223 e. The van der Waals surface area contributed by atoms with E-state index in [1.807, 2.05) is 0 Å². The lowest BCUT2D eigenvalue weighted by Crippen LogP contribution is -2.67. The third kappa shape index (κ3) is 15.2. The van der Waals surface area contributed by atoms with E-state index in [0.29, 0.717) is 6.42 Å². The van der Waals surface area contributed by atoms with Gasteiger partial charge in [0.1, 0.15) is 42.7 Å². The maximum Gasteiger partial charge on any atom is 0.223 e. The molecular weight excluding hydrogens is 899 g/mol. The lowest BCUT2D eigenvalue weighted by Gasteiger charge is -2.49. The Kier molecular flexibility index (Phi) is 20.1. The van der Waals surface area contributed by atoms with Gasteiger partial charge in [-0.2, -0.15) is 0 Å². The maximum absolute atomic E-state index is 13.7. The molecule has 0 aromatic rings. The van der Waals surface area contributed by atoms with Crippen LogP contribution >= 0.6 is 0 Å². The quantitative estimate of drug-likeness (QED) is 0.0395. The molecule has 8 N–H and O–H groups in total. The van der Waals surface area contributed by atoms with Crippen molar-refractivity contribution in [2.75, 3.05) is 25.4 Å². The van der Waals surface area contributed by atoms with Crippen molar-refractivity contribution in [2.45, 2.75) is 170 Å². The van der Waals surface area contributed by atoms with Crippen LogP contribution in [0, 0.1) is 17.8 Å². The van der Waals surface area contributed by atoms with Crippen LogP contribution in [0.25, 0.3) is 0 Å². The number of hydrogen-bond donors (Lipinski definition) is 8. The van der Waals surface area contributed by atoms with E-state index in [0.717, 1.165) is 39.0 Å². The molecule has 2 saturated heterocycles. The number of carboxylic acid groups (broad SMARTS) is 1. The van der Waals surface area contributed by atoms with E-state index in [9.17, 15) is 75.8 Å². The van der Waals surface area contributed by atoms with Crippen LogP contribution in [0.4, 0.5) is 0 Å². The number of aliphatic hydroxyl groups is 5. The van der Waals surface area contributed by atoms with Crippen molar-refractivity contribution < 1.29 is 99.4 Å². The van der Waals surface area contributed by atoms with E-state index in [1.54, 1.807) is 6.92 Å². The molecule has 4 fully saturated rings. The SMILES string of the molecule is CCC1CC(C(=O)NCCNC(=O)CC(CS(=O)(=O)[O-])S(=O)(=O)[O-])C[C@@H](O[C@@H]2O[C@@H](CO)[C@H](O)C(O[C@@H](CC3CCCCC3)C(=O)[O-])C2NC(C)=O)[C@@H]1O[C@@H]1OC(C)[C@@H](O)[C@H](O)C1O. The van der Waals surface area contributed by atoms with Crippen molar-refractivity contribution in [1.82, 2.24) is 16.0 Å². The number of carbonyl (C=O) groups is 4. The van der Waals surface area contributed by atoms with Crippen LogP contribution in [0.1, 0.15) is 85.0 Å². The number of amides is 3. The van der Waals surface area contributed by atoms with Crippen LogP contribution < -0.4 is 21.1 Å². The number of carbonyl (C=O) groups excluding carboxylic acids is 4. The van der Waals surface area contributed by atoms with Gasteiger partial charge in [-0.25, -0.2) is 16.8 Å². The van der Waals surface area contributed by atoms with Crippen LogP contribution in [0.2, 0.25) is 0 Å². The highest BCUT2D eigenvalue weighted by Crippen LogP contribution is 2.40. The summed E-state index contributed by atoms with van der Waals surface area (Å²) in [4.78, 5) is 51.2. The summed E-state index contributed by atoms with van der Waals surface area (Å²) in [7, 11) is -10.5. The summed E-state index contributed by atoms with van der Waals surface area (Å²) in [5.41, 5.74) is 0. The lowest BCUT2D eigenvalue weighted by atomic mass is 9.75. The first-order chi connectivity index (χ1) is 29.9. The summed E-state index contributed by atoms with van der Waals surface area (Å²) >= 11 is 0. The number of ether oxygens (including phenoxy) is 5. The fourth-order valence-corrected chi connectivity index (χ4v) is 10.9. The molecule has 24 nitrogen and oxygen atoms in total. The number of nitrogens with one attached hydrogen (secondary N) is 3. The van der Waals surface area contributed by atoms with Crippen LogP contribution in [0.5, 0.6) is 0 Å². The Balaban J connectivity index is 1.59. The standard InChI is InChI=1S/C38H65N3O21S2/c1-4-21-13-22(35(49)40-11-10-39-27(44)15-23(64(55,56)57)17-63(52,53)54)14-24(33(21)62-38-32(48)31(47)29(45)18(2)58-38)60-37-28(41-19(3)43)34(30(46)26(16-42)61-37)59-25(36(50)51)12-20-8-6-5-7-9-20/h18,20-26,28-34,37-38,42,45-48H,4-17H2,1-3H3,(H,39,44)(H,40,49)(H,41,43)(H,50,51)(H,52,53,54)(H,55,56,57)/p-3/t18?,21?,22?,23?,24-,25+,26+,28?,29-,30+,31+,32?,33-,34?,37-,38+/m1/s1. The van der Waals surface area contributed by atoms with Gasteiger partial charge in [-0.05, 0) is 38.0 Å². The molecule has 2 aliphatic heterocycles. The Labute approximate surface area is 371 Å². The van der Waals surface area contributed by atoms with Gasteiger partial charge >= 0.3 is 0 Å². The molecule has 2 saturated carbocycles. The van der Waals surface area contributed by atoms with E-state index in [4.69, 9.17) is 23.7 Å². The number of carboxylic acids is 1. The molecule has 0 spiro atoms. The van der Waals surface area contributed by atoms with Crippen molar-refractivity contribution in [3.05, 3.63) is 0 Å². The summed E-state index contributed by atoms with van der Waals surface area (Å²) < 4.78 is 98.2. The second-order valence-electron chi connectivity index (χ2n) is 17.1. The lowest BCUT2D eigenvalue weighted by molar-refractivity contribution is -0.343. The Morgan fingerprint density at radius 3 is 2.08 bits per heavy atom. The summed E-state index contributed by atoms with van der Waals surface area (Å²) in [6.07, 6.45) is -14.3. The minimum Gasteiger partial charge on any atom is -0.748 e. The number of aliphatic hydroxyl groups excluding tert-OH is 5. The molecule has 4 rings (SSSR count). The Hall–Kier alpha value is -2.70. The molecule has 4 aliphatic rings. The molecule has 0 bridgehead atoms. The van der Waals surface area contributed by atoms with Crippen LogP contribution in [-0.4, -0.2) is 186 Å². The molecule has 0 radical (unpaired) electrons. The fraction of sp³-hybridized carbons (Fsp3) is 0.895. The summed E-state index contributed by atoms with van der Waals surface area (Å²) in [5, 5.41) is 71.1. The van der Waals surface area contributed by atoms with E-state index < -0.39 is 159 Å². The van der Waals surface area contributed by atoms with E-state index >= 15 is 0 Å². The normalized spacial score (nSPS) is 35.2. The number of rotatable bonds is 21. The zero-order chi connectivity index (χ0) is 47.7. The van der Waals surface area contributed by atoms with Gasteiger partial charge in [-0.15, -0.1) is 0 Å². The number of aliphatic carboxylic acids is 1. The average molecular weight is 961 g/mol. The predicted molar refractivity (Wildman–Crippen MR) is 212 cm³/mol. The monoisotopic (exact) mass is 960 g/mol. The first-order valence-electron chi connectivity index (χ1n) is 21.4. The van der Waals surface area contributed by atoms with Crippen molar-refractivity contribution in [2.24, 2.45) is 17.8 Å². The van der Waals surface area contributed by atoms with Crippen LogP contribution in [-0.2, 0) is 63.1 Å². The molecule has 64 heavy (non-hydrogen) atoms. The van der Waals surface area contributed by atoms with Crippen molar-refractivity contribution >= 4 is 43.9 Å². The van der Waals surface area contributed by atoms with Crippen LogP contribution in [0.3, 0.4) is 0 Å². The third-order valence-electron chi connectivity index (χ3n) is 12.3. The van der Waals surface area contributed by atoms with E-state index in [-0.39, 0.29) is 38.3 Å². The first-order valence-corrected chi connectivity index (χ1v) is 24.5. The molecular formula is C38H62N3O21S2-3. The fourth-order valence-electron chi connectivity index (χ4n) is 8.85. The third-order valence-corrected chi connectivity index (χ3v) is 14.4. The predicted octanol–water partition coefficient (Wildman–Crippen LogP) is -4.84. The molecule has 3 amide bonds. The number of hydrogen-bond acceptors (Lipinski definition) is 21. The highest BCUT2D eigenvalue weighted by Gasteiger charge is 2.52. The minimum absolute atomic E-state index is 0.0236. The van der Waals surface area contributed by atoms with Crippen molar-refractivity contribution in [1.29, 1.82) is 0 Å². The largest absolute Gasteiger partial charge is 0.748 e. The van der Waals surface area contributed by atoms with Gasteiger partial charge in [0.2, 0.25) is 17.7 Å². The second-order valence-corrected chi connectivity index (χ2v) is 20.2. The molecule has 0 aromatic carbocycles. The van der Waals surface area contributed by atoms with Gasteiger partial charge in [0.25, 0.3) is 0 Å². The molecule has 370 valence electrons. The molecule has 16 atom stereocenters. The summed E-state index contributed by atoms with van der Waals surface area (Å²) in [5.74, 6) is -7.06. The average Bonchev–Trinajstić information content (AvgIpc) is 3.21. The molecule has 7 unspecified atom stereocenters. The molecule has 2 aliphatic carbocycles. The minimum atomic E-state index is -5.35. The summed E-state index contributed by atoms with van der Waals surface area (Å²) in [6.45, 7) is 2.93. The zero-order valence-corrected chi connectivity index (χ0v) is 37.4. The van der Waals surface area contributed by atoms with Gasteiger partial charge in [-0.1, -0.05) is 45.4 Å². The van der Waals surface area contributed by atoms with Gasteiger partial charge < -0.3 is 84.2 Å². The van der Waals surface area contributed by atoms with E-state index in [1.165, 1.54) is 6.92 Å². The van der Waals surface area contributed by atoms with Gasteiger partial charge in [-0.3, -0.25) is 14.4 Å². The highest BCUT2D eigenvalue weighted by atomic mass is 32.2. The molecule has 26 heteroatoms. The molecule has 0 aromatic heterocycles. The highest BCUT2D eigenvalue weighted by molar-refractivity contribution is 7.90. The van der Waals surface area contributed by atoms with Crippen molar-refractivity contribution in [3.8, 4) is 0 Å².